The zero-order valence-electron chi connectivity index (χ0n) is 13.5. The van der Waals surface area contributed by atoms with Crippen LogP contribution in [0.2, 0.25) is 0 Å². The Morgan fingerprint density at radius 1 is 1.09 bits per heavy atom. The van der Waals surface area contributed by atoms with Crippen LogP contribution >= 0.6 is 0 Å². The second-order valence-corrected chi connectivity index (χ2v) is 5.99. The van der Waals surface area contributed by atoms with E-state index < -0.39 is 0 Å². The van der Waals surface area contributed by atoms with Crippen LogP contribution in [0.4, 0.5) is 0 Å². The Hall–Kier alpha value is -2.08. The second kappa shape index (κ2) is 7.00. The van der Waals surface area contributed by atoms with Crippen LogP contribution in [0.5, 0.6) is 5.75 Å². The van der Waals surface area contributed by atoms with Gasteiger partial charge < -0.3 is 19.9 Å². The fourth-order valence-corrected chi connectivity index (χ4v) is 3.16. The van der Waals surface area contributed by atoms with Gasteiger partial charge in [0, 0.05) is 31.7 Å². The molecule has 6 nitrogen and oxygen atoms in total. The molecule has 2 amide bonds. The maximum absolute atomic E-state index is 12.5. The molecule has 2 aliphatic heterocycles. The number of ether oxygens (including phenoxy) is 1. The van der Waals surface area contributed by atoms with E-state index in [4.69, 9.17) is 4.74 Å². The van der Waals surface area contributed by atoms with Gasteiger partial charge in [-0.3, -0.25) is 9.59 Å². The molecule has 1 atom stereocenters. The molecule has 0 spiro atoms. The van der Waals surface area contributed by atoms with E-state index in [0.29, 0.717) is 31.7 Å². The van der Waals surface area contributed by atoms with Crippen molar-refractivity contribution in [2.24, 2.45) is 0 Å². The van der Waals surface area contributed by atoms with Gasteiger partial charge in [0.15, 0.2) is 0 Å². The minimum atomic E-state index is -0.0289. The zero-order chi connectivity index (χ0) is 16.2. The first-order chi connectivity index (χ1) is 11.2. The minimum Gasteiger partial charge on any atom is -0.497 e. The third kappa shape index (κ3) is 3.47. The molecule has 1 aromatic rings. The van der Waals surface area contributed by atoms with Gasteiger partial charge in [-0.2, -0.15) is 0 Å². The lowest BCUT2D eigenvalue weighted by molar-refractivity contribution is -0.134. The monoisotopic (exact) mass is 317 g/mol. The standard InChI is InChI=1S/C17H23N3O3/c1-23-14-6-4-13(5-7-14)16(21)19-9-11-20(12-10-19)17(22)15-3-2-8-18-15/h4-7,15,18H,2-3,8-12H2,1H3. The number of benzene rings is 1. The van der Waals surface area contributed by atoms with Crippen molar-refractivity contribution in [3.63, 3.8) is 0 Å². The number of carbonyl (C=O) groups is 2. The van der Waals surface area contributed by atoms with Crippen LogP contribution in [0.3, 0.4) is 0 Å². The van der Waals surface area contributed by atoms with Crippen molar-refractivity contribution in [3.05, 3.63) is 29.8 Å². The number of nitrogens with one attached hydrogen (secondary N) is 1. The van der Waals surface area contributed by atoms with Crippen LogP contribution in [0, 0.1) is 0 Å². The summed E-state index contributed by atoms with van der Waals surface area (Å²) in [5, 5.41) is 3.24. The van der Waals surface area contributed by atoms with E-state index in [1.165, 1.54) is 0 Å². The highest BCUT2D eigenvalue weighted by molar-refractivity contribution is 5.94. The number of rotatable bonds is 3. The van der Waals surface area contributed by atoms with E-state index >= 15 is 0 Å². The lowest BCUT2D eigenvalue weighted by Gasteiger charge is -2.36. The van der Waals surface area contributed by atoms with Crippen LogP contribution < -0.4 is 10.1 Å². The Labute approximate surface area is 136 Å². The maximum Gasteiger partial charge on any atom is 0.253 e. The van der Waals surface area contributed by atoms with Crippen molar-refractivity contribution < 1.29 is 14.3 Å². The summed E-state index contributed by atoms with van der Waals surface area (Å²) in [7, 11) is 1.60. The molecule has 2 saturated heterocycles. The van der Waals surface area contributed by atoms with Gasteiger partial charge in [0.05, 0.1) is 13.2 Å². The van der Waals surface area contributed by atoms with E-state index in [0.717, 1.165) is 25.1 Å². The molecule has 1 N–H and O–H groups in total. The number of methoxy groups -OCH3 is 1. The number of carbonyl (C=O) groups excluding carboxylic acids is 2. The zero-order valence-corrected chi connectivity index (χ0v) is 13.5. The lowest BCUT2D eigenvalue weighted by atomic mass is 10.1. The van der Waals surface area contributed by atoms with Crippen molar-refractivity contribution in [3.8, 4) is 5.75 Å². The highest BCUT2D eigenvalue weighted by Crippen LogP contribution is 2.15. The summed E-state index contributed by atoms with van der Waals surface area (Å²) >= 11 is 0. The number of hydrogen-bond donors (Lipinski definition) is 1. The van der Waals surface area contributed by atoms with E-state index in [1.54, 1.807) is 31.4 Å². The minimum absolute atomic E-state index is 0.0127. The maximum atomic E-state index is 12.5. The van der Waals surface area contributed by atoms with Crippen molar-refractivity contribution in [1.82, 2.24) is 15.1 Å². The van der Waals surface area contributed by atoms with Crippen LogP contribution in [-0.2, 0) is 4.79 Å². The molecule has 0 aliphatic carbocycles. The van der Waals surface area contributed by atoms with Crippen molar-refractivity contribution in [2.75, 3.05) is 39.8 Å². The summed E-state index contributed by atoms with van der Waals surface area (Å²) in [6, 6.07) is 7.11. The summed E-state index contributed by atoms with van der Waals surface area (Å²) in [6.07, 6.45) is 1.98. The number of piperazine rings is 1. The third-order valence-corrected chi connectivity index (χ3v) is 4.57. The van der Waals surface area contributed by atoms with E-state index in [2.05, 4.69) is 5.32 Å². The predicted molar refractivity (Wildman–Crippen MR) is 86.5 cm³/mol. The quantitative estimate of drug-likeness (QED) is 0.893. The van der Waals surface area contributed by atoms with Gasteiger partial charge in [-0.05, 0) is 43.7 Å². The average molecular weight is 317 g/mol. The molecule has 0 radical (unpaired) electrons. The Bertz CT molecular complexity index is 559. The molecule has 0 aromatic heterocycles. The van der Waals surface area contributed by atoms with Crippen molar-refractivity contribution in [1.29, 1.82) is 0 Å². The van der Waals surface area contributed by atoms with Crippen LogP contribution in [0.1, 0.15) is 23.2 Å². The molecule has 124 valence electrons. The highest BCUT2D eigenvalue weighted by atomic mass is 16.5. The first kappa shape index (κ1) is 15.8. The molecule has 2 aliphatic rings. The SMILES string of the molecule is COc1ccc(C(=O)N2CCN(C(=O)C3CCCN3)CC2)cc1. The molecule has 2 heterocycles. The largest absolute Gasteiger partial charge is 0.497 e. The topological polar surface area (TPSA) is 61.9 Å². The Balaban J connectivity index is 1.55. The Morgan fingerprint density at radius 3 is 2.30 bits per heavy atom. The summed E-state index contributed by atoms with van der Waals surface area (Å²) in [6.45, 7) is 3.32. The summed E-state index contributed by atoms with van der Waals surface area (Å²) in [5.41, 5.74) is 0.656. The van der Waals surface area contributed by atoms with Crippen molar-refractivity contribution >= 4 is 11.8 Å². The smallest absolute Gasteiger partial charge is 0.253 e. The van der Waals surface area contributed by atoms with Crippen LogP contribution in [0.15, 0.2) is 24.3 Å². The molecule has 0 bridgehead atoms. The van der Waals surface area contributed by atoms with Crippen LogP contribution in [0.25, 0.3) is 0 Å². The number of hydrogen-bond acceptors (Lipinski definition) is 4. The first-order valence-corrected chi connectivity index (χ1v) is 8.14. The van der Waals surface area contributed by atoms with Gasteiger partial charge in [0.25, 0.3) is 5.91 Å². The molecule has 23 heavy (non-hydrogen) atoms. The fourth-order valence-electron chi connectivity index (χ4n) is 3.16. The van der Waals surface area contributed by atoms with Crippen molar-refractivity contribution in [2.45, 2.75) is 18.9 Å². The molecule has 6 heteroatoms. The van der Waals surface area contributed by atoms with Gasteiger partial charge in [-0.25, -0.2) is 0 Å². The fraction of sp³-hybridized carbons (Fsp3) is 0.529. The molecule has 3 rings (SSSR count). The summed E-state index contributed by atoms with van der Waals surface area (Å²) in [5.74, 6) is 0.929. The first-order valence-electron chi connectivity index (χ1n) is 8.14. The highest BCUT2D eigenvalue weighted by Gasteiger charge is 2.30. The molecule has 1 unspecified atom stereocenters. The molecule has 1 aromatic carbocycles. The van der Waals surface area contributed by atoms with E-state index in [-0.39, 0.29) is 17.9 Å². The summed E-state index contributed by atoms with van der Waals surface area (Å²) < 4.78 is 5.11. The number of amides is 2. The Kier molecular flexibility index (Phi) is 4.81. The van der Waals surface area contributed by atoms with Gasteiger partial charge >= 0.3 is 0 Å². The summed E-state index contributed by atoms with van der Waals surface area (Å²) in [4.78, 5) is 28.6. The van der Waals surface area contributed by atoms with Gasteiger partial charge in [-0.1, -0.05) is 0 Å². The lowest BCUT2D eigenvalue weighted by Crippen LogP contribution is -2.54. The van der Waals surface area contributed by atoms with Gasteiger partial charge in [0.2, 0.25) is 5.91 Å². The average Bonchev–Trinajstić information content (AvgIpc) is 3.15. The Morgan fingerprint density at radius 2 is 1.74 bits per heavy atom. The molecule has 0 saturated carbocycles. The van der Waals surface area contributed by atoms with E-state index in [9.17, 15) is 9.59 Å². The normalized spacial score (nSPS) is 21.3. The predicted octanol–water partition coefficient (Wildman–Crippen LogP) is 0.732. The number of nitrogens with zero attached hydrogens (tertiary/aromatic N) is 2. The van der Waals surface area contributed by atoms with Gasteiger partial charge in [0.1, 0.15) is 5.75 Å². The molecular weight excluding hydrogens is 294 g/mol. The second-order valence-electron chi connectivity index (χ2n) is 5.99. The van der Waals surface area contributed by atoms with Crippen LogP contribution in [-0.4, -0.2) is 67.5 Å². The van der Waals surface area contributed by atoms with Gasteiger partial charge in [-0.15, -0.1) is 0 Å². The van der Waals surface area contributed by atoms with E-state index in [1.807, 2.05) is 9.80 Å². The molecule has 2 fully saturated rings. The third-order valence-electron chi connectivity index (χ3n) is 4.57. The molecular formula is C17H23N3O3.